The minimum absolute atomic E-state index is 0.109. The van der Waals surface area contributed by atoms with Crippen LogP contribution in [0.25, 0.3) is 0 Å². The van der Waals surface area contributed by atoms with Crippen molar-refractivity contribution >= 4 is 10.2 Å². The summed E-state index contributed by atoms with van der Waals surface area (Å²) in [7, 11) is -3.30. The van der Waals surface area contributed by atoms with Gasteiger partial charge in [0.25, 0.3) is 10.2 Å². The molecule has 1 aromatic rings. The van der Waals surface area contributed by atoms with Gasteiger partial charge in [0, 0.05) is 31.9 Å². The van der Waals surface area contributed by atoms with Crippen LogP contribution in [0.5, 0.6) is 5.88 Å². The lowest BCUT2D eigenvalue weighted by Crippen LogP contribution is -2.41. The van der Waals surface area contributed by atoms with Crippen molar-refractivity contribution in [2.45, 2.75) is 25.4 Å². The van der Waals surface area contributed by atoms with Crippen LogP contribution in [0, 0.1) is 0 Å². The number of pyridine rings is 1. The summed E-state index contributed by atoms with van der Waals surface area (Å²) in [5.74, 6) is 0.554. The summed E-state index contributed by atoms with van der Waals surface area (Å²) >= 11 is 0. The van der Waals surface area contributed by atoms with E-state index >= 15 is 0 Å². The van der Waals surface area contributed by atoms with Gasteiger partial charge in [-0.15, -0.1) is 0 Å². The van der Waals surface area contributed by atoms with Gasteiger partial charge in [-0.2, -0.15) is 17.0 Å². The van der Waals surface area contributed by atoms with Gasteiger partial charge in [0.2, 0.25) is 5.88 Å². The van der Waals surface area contributed by atoms with Gasteiger partial charge in [-0.05, 0) is 25.3 Å². The van der Waals surface area contributed by atoms with E-state index < -0.39 is 10.2 Å². The van der Waals surface area contributed by atoms with Crippen LogP contribution in [0.4, 0.5) is 0 Å². The fourth-order valence-electron chi connectivity index (χ4n) is 2.67. The first-order valence-electron chi connectivity index (χ1n) is 6.99. The maximum Gasteiger partial charge on any atom is 0.282 e. The van der Waals surface area contributed by atoms with Gasteiger partial charge in [0.15, 0.2) is 0 Å². The summed E-state index contributed by atoms with van der Waals surface area (Å²) in [6.45, 7) is 2.22. The van der Waals surface area contributed by atoms with E-state index in [4.69, 9.17) is 4.74 Å². The number of rotatable bonds is 4. The Morgan fingerprint density at radius 1 is 1.15 bits per heavy atom. The van der Waals surface area contributed by atoms with Crippen LogP contribution in [-0.4, -0.2) is 54.3 Å². The summed E-state index contributed by atoms with van der Waals surface area (Å²) in [5, 5.41) is 0. The molecule has 20 heavy (non-hydrogen) atoms. The van der Waals surface area contributed by atoms with Crippen LogP contribution in [0.1, 0.15) is 19.3 Å². The molecule has 1 atom stereocenters. The Bertz CT molecular complexity index is 543. The Morgan fingerprint density at radius 3 is 2.65 bits per heavy atom. The Labute approximate surface area is 119 Å². The second-order valence-electron chi connectivity index (χ2n) is 5.17. The molecule has 1 aromatic heterocycles. The molecule has 2 saturated heterocycles. The second-order valence-corrected chi connectivity index (χ2v) is 7.10. The lowest BCUT2D eigenvalue weighted by Gasteiger charge is -2.23. The molecule has 110 valence electrons. The largest absolute Gasteiger partial charge is 0.473 e. The van der Waals surface area contributed by atoms with E-state index in [0.29, 0.717) is 38.5 Å². The summed E-state index contributed by atoms with van der Waals surface area (Å²) < 4.78 is 33.7. The topological polar surface area (TPSA) is 62.7 Å². The molecule has 0 radical (unpaired) electrons. The smallest absolute Gasteiger partial charge is 0.282 e. The minimum Gasteiger partial charge on any atom is -0.473 e. The average molecular weight is 297 g/mol. The predicted molar refractivity (Wildman–Crippen MR) is 74.6 cm³/mol. The van der Waals surface area contributed by atoms with E-state index in [9.17, 15) is 8.42 Å². The molecule has 0 saturated carbocycles. The predicted octanol–water partition coefficient (Wildman–Crippen LogP) is 0.875. The molecule has 0 bridgehead atoms. The highest BCUT2D eigenvalue weighted by molar-refractivity contribution is 7.86. The number of ether oxygens (including phenoxy) is 1. The normalized spacial score (nSPS) is 25.1. The highest BCUT2D eigenvalue weighted by atomic mass is 32.2. The summed E-state index contributed by atoms with van der Waals surface area (Å²) in [6, 6.07) is 5.47. The van der Waals surface area contributed by atoms with Gasteiger partial charge >= 0.3 is 0 Å². The van der Waals surface area contributed by atoms with Crippen LogP contribution in [0.3, 0.4) is 0 Å². The molecule has 6 nitrogen and oxygen atoms in total. The summed E-state index contributed by atoms with van der Waals surface area (Å²) in [4.78, 5) is 4.11. The average Bonchev–Trinajstić information content (AvgIpc) is 3.11. The molecule has 0 amide bonds. The molecule has 0 aliphatic carbocycles. The minimum atomic E-state index is -3.30. The van der Waals surface area contributed by atoms with Crippen molar-refractivity contribution < 1.29 is 13.2 Å². The molecule has 3 heterocycles. The number of aromatic nitrogens is 1. The van der Waals surface area contributed by atoms with Gasteiger partial charge in [-0.1, -0.05) is 6.07 Å². The third kappa shape index (κ3) is 2.79. The van der Waals surface area contributed by atoms with Crippen LogP contribution in [0.2, 0.25) is 0 Å². The van der Waals surface area contributed by atoms with Gasteiger partial charge in [0.05, 0.1) is 6.54 Å². The van der Waals surface area contributed by atoms with Crippen molar-refractivity contribution in [1.29, 1.82) is 0 Å². The van der Waals surface area contributed by atoms with Gasteiger partial charge in [-0.3, -0.25) is 0 Å². The summed E-state index contributed by atoms with van der Waals surface area (Å²) in [6.07, 6.45) is 4.19. The standard InChI is InChI=1S/C13H19N3O3S/c17-20(18,15-8-3-4-9-15)16-10-6-12(11-16)19-13-5-1-2-7-14-13/h1-2,5,7,12H,3-4,6,8-11H2. The Balaban J connectivity index is 1.62. The van der Waals surface area contributed by atoms with Crippen molar-refractivity contribution in [1.82, 2.24) is 13.6 Å². The fourth-order valence-corrected chi connectivity index (χ4v) is 4.41. The van der Waals surface area contributed by atoms with Crippen LogP contribution in [0.15, 0.2) is 24.4 Å². The third-order valence-electron chi connectivity index (χ3n) is 3.75. The first-order chi connectivity index (χ1) is 9.66. The van der Waals surface area contributed by atoms with Gasteiger partial charge in [0.1, 0.15) is 6.10 Å². The first kappa shape index (κ1) is 13.8. The molecule has 1 unspecified atom stereocenters. The van der Waals surface area contributed by atoms with Gasteiger partial charge in [-0.25, -0.2) is 4.98 Å². The number of hydrogen-bond donors (Lipinski definition) is 0. The molecule has 7 heteroatoms. The molecular formula is C13H19N3O3S. The third-order valence-corrected chi connectivity index (χ3v) is 5.75. The van der Waals surface area contributed by atoms with E-state index in [1.807, 2.05) is 12.1 Å². The zero-order valence-corrected chi connectivity index (χ0v) is 12.1. The molecule has 0 N–H and O–H groups in total. The van der Waals surface area contributed by atoms with Crippen LogP contribution in [-0.2, 0) is 10.2 Å². The lowest BCUT2D eigenvalue weighted by molar-refractivity contribution is 0.206. The Morgan fingerprint density at radius 2 is 1.95 bits per heavy atom. The van der Waals surface area contributed by atoms with E-state index in [-0.39, 0.29) is 6.10 Å². The molecule has 0 aromatic carbocycles. The molecule has 3 rings (SSSR count). The molecular weight excluding hydrogens is 278 g/mol. The maximum atomic E-state index is 12.4. The molecule has 2 aliphatic heterocycles. The lowest BCUT2D eigenvalue weighted by atomic mass is 10.3. The quantitative estimate of drug-likeness (QED) is 0.827. The van der Waals surface area contributed by atoms with E-state index in [1.54, 1.807) is 16.6 Å². The molecule has 2 fully saturated rings. The van der Waals surface area contributed by atoms with Crippen LogP contribution >= 0.6 is 0 Å². The zero-order chi connectivity index (χ0) is 14.0. The zero-order valence-electron chi connectivity index (χ0n) is 11.3. The fraction of sp³-hybridized carbons (Fsp3) is 0.615. The number of nitrogens with zero attached hydrogens (tertiary/aromatic N) is 3. The van der Waals surface area contributed by atoms with E-state index in [0.717, 1.165) is 12.8 Å². The SMILES string of the molecule is O=S(=O)(N1CCCC1)N1CCC(Oc2ccccn2)C1. The van der Waals surface area contributed by atoms with E-state index in [2.05, 4.69) is 4.98 Å². The van der Waals surface area contributed by atoms with Crippen molar-refractivity contribution in [3.8, 4) is 5.88 Å². The highest BCUT2D eigenvalue weighted by Gasteiger charge is 2.37. The molecule has 2 aliphatic rings. The Hall–Kier alpha value is -1.18. The Kier molecular flexibility index (Phi) is 3.91. The summed E-state index contributed by atoms with van der Waals surface area (Å²) in [5.41, 5.74) is 0. The second kappa shape index (κ2) is 5.67. The van der Waals surface area contributed by atoms with Crippen molar-refractivity contribution in [3.05, 3.63) is 24.4 Å². The van der Waals surface area contributed by atoms with Gasteiger partial charge < -0.3 is 4.74 Å². The van der Waals surface area contributed by atoms with E-state index in [1.165, 1.54) is 4.31 Å². The highest BCUT2D eigenvalue weighted by Crippen LogP contribution is 2.23. The van der Waals surface area contributed by atoms with Crippen molar-refractivity contribution in [2.24, 2.45) is 0 Å². The van der Waals surface area contributed by atoms with Crippen molar-refractivity contribution in [3.63, 3.8) is 0 Å². The monoisotopic (exact) mass is 297 g/mol. The maximum absolute atomic E-state index is 12.4. The van der Waals surface area contributed by atoms with Crippen LogP contribution < -0.4 is 4.74 Å². The number of hydrogen-bond acceptors (Lipinski definition) is 4. The molecule has 0 spiro atoms. The first-order valence-corrected chi connectivity index (χ1v) is 8.39. The van der Waals surface area contributed by atoms with Crippen molar-refractivity contribution in [2.75, 3.05) is 26.2 Å².